The van der Waals surface area contributed by atoms with Crippen molar-refractivity contribution in [3.05, 3.63) is 92.8 Å². The van der Waals surface area contributed by atoms with E-state index in [0.29, 0.717) is 45.8 Å². The molecular formula is C32H35NO6. The first-order valence-electron chi connectivity index (χ1n) is 13.0. The van der Waals surface area contributed by atoms with Crippen molar-refractivity contribution in [1.82, 2.24) is 4.90 Å². The van der Waals surface area contributed by atoms with Gasteiger partial charge in [0.1, 0.15) is 17.1 Å². The van der Waals surface area contributed by atoms with Crippen LogP contribution in [0.1, 0.15) is 39.0 Å². The molecule has 0 saturated carbocycles. The molecule has 4 aromatic rings. The molecule has 3 aromatic carbocycles. The average molecular weight is 530 g/mol. The van der Waals surface area contributed by atoms with Gasteiger partial charge in [0.15, 0.2) is 5.78 Å². The van der Waals surface area contributed by atoms with E-state index in [-0.39, 0.29) is 24.4 Å². The predicted octanol–water partition coefficient (Wildman–Crippen LogP) is 5.33. The van der Waals surface area contributed by atoms with Crippen LogP contribution >= 0.6 is 0 Å². The summed E-state index contributed by atoms with van der Waals surface area (Å²) in [6.07, 6.45) is 0.700. The Kier molecular flexibility index (Phi) is 8.84. The van der Waals surface area contributed by atoms with Gasteiger partial charge in [-0.15, -0.1) is 0 Å². The van der Waals surface area contributed by atoms with Gasteiger partial charge in [-0.2, -0.15) is 0 Å². The number of aryl methyl sites for hydroxylation is 2. The molecule has 204 valence electrons. The van der Waals surface area contributed by atoms with E-state index < -0.39 is 5.63 Å². The summed E-state index contributed by atoms with van der Waals surface area (Å²) < 4.78 is 17.2. The van der Waals surface area contributed by atoms with E-state index in [1.807, 2.05) is 45.3 Å². The Balaban J connectivity index is 1.64. The third-order valence-corrected chi connectivity index (χ3v) is 6.72. The topological polar surface area (TPSA) is 89.2 Å². The van der Waals surface area contributed by atoms with Gasteiger partial charge in [0, 0.05) is 46.2 Å². The molecular weight excluding hydrogens is 494 g/mol. The smallest absolute Gasteiger partial charge is 0.339 e. The fourth-order valence-corrected chi connectivity index (χ4v) is 4.72. The van der Waals surface area contributed by atoms with Crippen molar-refractivity contribution in [3.8, 4) is 22.6 Å². The van der Waals surface area contributed by atoms with Gasteiger partial charge in [0.2, 0.25) is 0 Å². The van der Waals surface area contributed by atoms with Gasteiger partial charge in [-0.25, -0.2) is 4.79 Å². The van der Waals surface area contributed by atoms with E-state index in [4.69, 9.17) is 13.9 Å². The highest BCUT2D eigenvalue weighted by atomic mass is 16.5. The van der Waals surface area contributed by atoms with Gasteiger partial charge >= 0.3 is 5.63 Å². The second-order valence-electron chi connectivity index (χ2n) is 10.0. The van der Waals surface area contributed by atoms with E-state index in [2.05, 4.69) is 4.90 Å². The largest absolute Gasteiger partial charge is 0.496 e. The predicted molar refractivity (Wildman–Crippen MR) is 153 cm³/mol. The van der Waals surface area contributed by atoms with Crippen LogP contribution < -0.4 is 15.1 Å². The molecule has 0 saturated heterocycles. The molecule has 0 spiro atoms. The molecule has 1 N–H and O–H groups in total. The van der Waals surface area contributed by atoms with Gasteiger partial charge in [-0.1, -0.05) is 29.8 Å². The quantitative estimate of drug-likeness (QED) is 0.160. The summed E-state index contributed by atoms with van der Waals surface area (Å²) in [5.41, 5.74) is 4.65. The highest BCUT2D eigenvalue weighted by Crippen LogP contribution is 2.33. The zero-order chi connectivity index (χ0) is 28.1. The minimum Gasteiger partial charge on any atom is -0.496 e. The van der Waals surface area contributed by atoms with Crippen molar-refractivity contribution >= 4 is 16.8 Å². The Morgan fingerprint density at radius 1 is 1.03 bits per heavy atom. The lowest BCUT2D eigenvalue weighted by Gasteiger charge is -2.16. The second-order valence-corrected chi connectivity index (χ2v) is 10.0. The minimum absolute atomic E-state index is 0.117. The van der Waals surface area contributed by atoms with Crippen molar-refractivity contribution < 1.29 is 23.8 Å². The number of ketones is 1. The Morgan fingerprint density at radius 3 is 2.49 bits per heavy atom. The lowest BCUT2D eigenvalue weighted by Crippen LogP contribution is -2.16. The van der Waals surface area contributed by atoms with Gasteiger partial charge in [-0.3, -0.25) is 4.79 Å². The number of benzene rings is 3. The molecule has 7 nitrogen and oxygen atoms in total. The van der Waals surface area contributed by atoms with Crippen LogP contribution in [0.25, 0.3) is 22.1 Å². The normalized spacial score (nSPS) is 11.3. The number of carbonyl (C=O) groups is 1. The Labute approximate surface area is 228 Å². The van der Waals surface area contributed by atoms with Gasteiger partial charge < -0.3 is 23.9 Å². The van der Waals surface area contributed by atoms with Crippen LogP contribution in [0.15, 0.2) is 63.8 Å². The van der Waals surface area contributed by atoms with E-state index in [1.165, 1.54) is 0 Å². The number of hydrogen-bond acceptors (Lipinski definition) is 7. The van der Waals surface area contributed by atoms with Crippen molar-refractivity contribution in [2.24, 2.45) is 0 Å². The lowest BCUT2D eigenvalue weighted by atomic mass is 9.96. The van der Waals surface area contributed by atoms with Crippen molar-refractivity contribution in [2.75, 3.05) is 34.4 Å². The Hall–Kier alpha value is -3.94. The van der Waals surface area contributed by atoms with Crippen molar-refractivity contribution in [2.45, 2.75) is 33.3 Å². The molecule has 0 unspecified atom stereocenters. The number of ether oxygens (including phenoxy) is 2. The SMILES string of the molecule is COc1ccc(C(=O)Cc2cc3cc(CO)c(OCCCN(C)C)c(C)c3oc2=O)cc1-c1cccc(C)c1. The number of carbonyl (C=O) groups excluding carboxylic acids is 1. The van der Waals surface area contributed by atoms with E-state index in [1.54, 1.807) is 44.4 Å². The summed E-state index contributed by atoms with van der Waals surface area (Å²) in [6, 6.07) is 16.7. The maximum absolute atomic E-state index is 13.3. The standard InChI is InChI=1S/C32H35NO6/c1-20-8-6-9-22(14-20)27-17-23(10-11-29(27)37-5)28(35)18-25-15-24-16-26(19-34)30(38-13-7-12-33(3)4)21(2)31(24)39-32(25)36/h6,8-11,14-17,34H,7,12-13,18-19H2,1-5H3. The first-order chi connectivity index (χ1) is 18.7. The summed E-state index contributed by atoms with van der Waals surface area (Å²) in [4.78, 5) is 28.3. The van der Waals surface area contributed by atoms with Crippen LogP contribution in [0.3, 0.4) is 0 Å². The number of hydrogen-bond donors (Lipinski definition) is 1. The van der Waals surface area contributed by atoms with Crippen LogP contribution in [0.2, 0.25) is 0 Å². The summed E-state index contributed by atoms with van der Waals surface area (Å²) in [5.74, 6) is 0.977. The fourth-order valence-electron chi connectivity index (χ4n) is 4.72. The molecule has 1 heterocycles. The van der Waals surface area contributed by atoms with Crippen LogP contribution in [0.5, 0.6) is 11.5 Å². The first kappa shape index (κ1) is 28.1. The molecule has 0 aliphatic carbocycles. The van der Waals surface area contributed by atoms with Crippen molar-refractivity contribution in [1.29, 1.82) is 0 Å². The molecule has 4 rings (SSSR count). The number of Topliss-reactive ketones (excluding diaryl/α,β-unsaturated/α-hetero) is 1. The zero-order valence-corrected chi connectivity index (χ0v) is 23.2. The Morgan fingerprint density at radius 2 is 1.79 bits per heavy atom. The maximum Gasteiger partial charge on any atom is 0.339 e. The molecule has 0 fully saturated rings. The summed E-state index contributed by atoms with van der Waals surface area (Å²) in [6.45, 7) is 4.94. The number of rotatable bonds is 11. The fraction of sp³-hybridized carbons (Fsp3) is 0.312. The molecule has 1 aromatic heterocycles. The maximum atomic E-state index is 13.3. The molecule has 0 aliphatic rings. The van der Waals surface area contributed by atoms with E-state index in [9.17, 15) is 14.7 Å². The lowest BCUT2D eigenvalue weighted by molar-refractivity contribution is 0.0992. The van der Waals surface area contributed by atoms with Crippen LogP contribution in [0.4, 0.5) is 0 Å². The van der Waals surface area contributed by atoms with Crippen LogP contribution in [-0.4, -0.2) is 50.1 Å². The van der Waals surface area contributed by atoms with Gasteiger partial charge in [-0.05, 0) is 70.3 Å². The highest BCUT2D eigenvalue weighted by molar-refractivity contribution is 5.99. The van der Waals surface area contributed by atoms with E-state index in [0.717, 1.165) is 29.7 Å². The first-order valence-corrected chi connectivity index (χ1v) is 13.0. The molecule has 0 bridgehead atoms. The number of fused-ring (bicyclic) bond motifs is 1. The molecule has 0 amide bonds. The summed E-state index contributed by atoms with van der Waals surface area (Å²) >= 11 is 0. The number of aliphatic hydroxyl groups is 1. The van der Waals surface area contributed by atoms with E-state index >= 15 is 0 Å². The number of methoxy groups -OCH3 is 1. The zero-order valence-electron chi connectivity index (χ0n) is 23.2. The number of nitrogens with zero attached hydrogens (tertiary/aromatic N) is 1. The Bertz CT molecular complexity index is 1550. The van der Waals surface area contributed by atoms with Crippen LogP contribution in [0, 0.1) is 13.8 Å². The number of aliphatic hydroxyl groups excluding tert-OH is 1. The molecule has 0 aliphatic heterocycles. The monoisotopic (exact) mass is 529 g/mol. The second kappa shape index (κ2) is 12.3. The molecule has 0 radical (unpaired) electrons. The highest BCUT2D eigenvalue weighted by Gasteiger charge is 2.19. The molecule has 0 atom stereocenters. The third-order valence-electron chi connectivity index (χ3n) is 6.72. The van der Waals surface area contributed by atoms with Crippen molar-refractivity contribution in [3.63, 3.8) is 0 Å². The molecule has 7 heteroatoms. The van der Waals surface area contributed by atoms with Gasteiger partial charge in [0.25, 0.3) is 0 Å². The average Bonchev–Trinajstić information content (AvgIpc) is 2.92. The van der Waals surface area contributed by atoms with Crippen LogP contribution in [-0.2, 0) is 13.0 Å². The van der Waals surface area contributed by atoms with Gasteiger partial charge in [0.05, 0.1) is 20.3 Å². The third kappa shape index (κ3) is 6.38. The minimum atomic E-state index is -0.568. The summed E-state index contributed by atoms with van der Waals surface area (Å²) in [5, 5.41) is 10.6. The molecule has 39 heavy (non-hydrogen) atoms. The summed E-state index contributed by atoms with van der Waals surface area (Å²) in [7, 11) is 5.59.